The van der Waals surface area contributed by atoms with E-state index < -0.39 is 0 Å². The van der Waals surface area contributed by atoms with Crippen molar-refractivity contribution in [2.45, 2.75) is 0 Å². The number of fused-ring (bicyclic) bond motifs is 18. The van der Waals surface area contributed by atoms with Gasteiger partial charge in [0.15, 0.2) is 5.82 Å². The number of rotatable bonds is 7. The SMILES string of the molecule is c1cc(-c2nc(-n3c4ccccc4c4cc(-c5ccc6c(c5)sc5ccccc56)ccc43)nc(-n3c4ccccc4c4cc(-c5ccc6c(c5)sc5ccccc56)ccc43)n2)cc(-n2c3ccccc3c3cc(-c4ccc5c(c4)sc4ccccc45)ccc32)c1. The summed E-state index contributed by atoms with van der Waals surface area (Å²) in [7, 11) is 0. The van der Waals surface area contributed by atoms with Crippen LogP contribution in [-0.2, 0) is 0 Å². The molecular formula is C81H46N6S3. The van der Waals surface area contributed by atoms with Gasteiger partial charge in [-0.25, -0.2) is 0 Å². The quantitative estimate of drug-likeness (QED) is 0.160. The maximum absolute atomic E-state index is 5.63. The smallest absolute Gasteiger partial charge is 0.240 e. The molecule has 0 bridgehead atoms. The molecule has 0 aliphatic carbocycles. The predicted octanol–water partition coefficient (Wildman–Crippen LogP) is 22.9. The predicted molar refractivity (Wildman–Crippen MR) is 383 cm³/mol. The highest BCUT2D eigenvalue weighted by molar-refractivity contribution is 7.26. The van der Waals surface area contributed by atoms with E-state index in [1.807, 2.05) is 34.0 Å². The first-order valence-electron chi connectivity index (χ1n) is 30.3. The Hall–Kier alpha value is -11.1. The Morgan fingerprint density at radius 1 is 0.200 bits per heavy atom. The van der Waals surface area contributed by atoms with Crippen LogP contribution in [0, 0.1) is 0 Å². The van der Waals surface area contributed by atoms with E-state index in [-0.39, 0.29) is 0 Å². The molecule has 0 spiro atoms. The number of hydrogen-bond donors (Lipinski definition) is 0. The molecular weight excluding hydrogens is 1150 g/mol. The van der Waals surface area contributed by atoms with Gasteiger partial charge in [0.2, 0.25) is 11.9 Å². The van der Waals surface area contributed by atoms with Crippen molar-refractivity contribution in [3.63, 3.8) is 0 Å². The van der Waals surface area contributed by atoms with E-state index in [1.165, 1.54) is 93.5 Å². The lowest BCUT2D eigenvalue weighted by atomic mass is 10.0. The zero-order valence-electron chi connectivity index (χ0n) is 48.0. The summed E-state index contributed by atoms with van der Waals surface area (Å²) in [5, 5.41) is 14.7. The van der Waals surface area contributed by atoms with Crippen LogP contribution in [0.3, 0.4) is 0 Å². The third kappa shape index (κ3) is 7.52. The largest absolute Gasteiger partial charge is 0.309 e. The molecule has 0 saturated heterocycles. The first kappa shape index (κ1) is 50.0. The van der Waals surface area contributed by atoms with Crippen LogP contribution in [0.2, 0.25) is 0 Å². The van der Waals surface area contributed by atoms with E-state index >= 15 is 0 Å². The fraction of sp³-hybridized carbons (Fsp3) is 0. The molecule has 13 aromatic carbocycles. The van der Waals surface area contributed by atoms with E-state index in [9.17, 15) is 0 Å². The molecule has 90 heavy (non-hydrogen) atoms. The van der Waals surface area contributed by atoms with Crippen molar-refractivity contribution < 1.29 is 0 Å². The minimum absolute atomic E-state index is 0.531. The lowest BCUT2D eigenvalue weighted by molar-refractivity contribution is 0.892. The van der Waals surface area contributed by atoms with Crippen LogP contribution in [0.25, 0.3) is 188 Å². The van der Waals surface area contributed by atoms with Crippen LogP contribution in [0.15, 0.2) is 279 Å². The van der Waals surface area contributed by atoms with Crippen LogP contribution in [0.4, 0.5) is 0 Å². The molecule has 0 aliphatic rings. The van der Waals surface area contributed by atoms with Gasteiger partial charge in [0, 0.05) is 104 Å². The summed E-state index contributed by atoms with van der Waals surface area (Å²) in [4.78, 5) is 16.8. The molecule has 0 saturated carbocycles. The molecule has 0 unspecified atom stereocenters. The molecule has 20 aromatic rings. The third-order valence-corrected chi connectivity index (χ3v) is 21.9. The summed E-state index contributed by atoms with van der Waals surface area (Å²) < 4.78 is 14.6. The Bertz CT molecular complexity index is 6200. The van der Waals surface area contributed by atoms with Gasteiger partial charge < -0.3 is 4.57 Å². The van der Waals surface area contributed by atoms with Gasteiger partial charge in [-0.2, -0.15) is 15.0 Å². The van der Waals surface area contributed by atoms with Gasteiger partial charge in [-0.15, -0.1) is 34.0 Å². The standard InChI is InChI=1S/C81H46N6S3/c1-7-22-67-55(16-1)64-41-47(50-28-34-61-58-19-4-10-25-73(58)88-76(61)44-50)31-37-70(64)85(67)54-15-13-14-53(40-54)79-82-80(86-68-23-8-2-17-56(68)65-42-48(32-38-71(65)86)51-29-35-62-59-20-5-11-26-74(59)89-77(62)45-51)84-81(83-79)87-69-24-9-3-18-57(69)66-43-49(33-39-72(66)87)52-30-36-63-60-21-6-12-27-75(60)90-78(63)46-52/h1-46H. The highest BCUT2D eigenvalue weighted by atomic mass is 32.1. The Morgan fingerprint density at radius 2 is 0.522 bits per heavy atom. The molecule has 9 heteroatoms. The molecule has 0 amide bonds. The lowest BCUT2D eigenvalue weighted by Crippen LogP contribution is -2.10. The monoisotopic (exact) mass is 1200 g/mol. The van der Waals surface area contributed by atoms with Crippen molar-refractivity contribution in [1.82, 2.24) is 28.7 Å². The number of aromatic nitrogens is 6. The summed E-state index contributed by atoms with van der Waals surface area (Å²) >= 11 is 5.56. The molecule has 7 aromatic heterocycles. The molecule has 7 heterocycles. The van der Waals surface area contributed by atoms with E-state index in [1.54, 1.807) is 0 Å². The van der Waals surface area contributed by atoms with Crippen molar-refractivity contribution in [3.8, 4) is 62.4 Å². The molecule has 0 N–H and O–H groups in total. The van der Waals surface area contributed by atoms with Crippen molar-refractivity contribution in [2.75, 3.05) is 0 Å². The Balaban J connectivity index is 0.773. The second-order valence-electron chi connectivity index (χ2n) is 23.5. The number of para-hydroxylation sites is 3. The minimum Gasteiger partial charge on any atom is -0.309 e. The van der Waals surface area contributed by atoms with Crippen LogP contribution >= 0.6 is 34.0 Å². The molecule has 0 fully saturated rings. The van der Waals surface area contributed by atoms with Gasteiger partial charge in [0.05, 0.1) is 33.1 Å². The topological polar surface area (TPSA) is 53.5 Å². The average Bonchev–Trinajstić information content (AvgIpc) is 1.86. The normalized spacial score (nSPS) is 12.2. The van der Waals surface area contributed by atoms with Gasteiger partial charge in [0.25, 0.3) is 0 Å². The number of thiophene rings is 3. The minimum atomic E-state index is 0.531. The number of hydrogen-bond acceptors (Lipinski definition) is 6. The Kier molecular flexibility index (Phi) is 10.7. The molecule has 20 rings (SSSR count). The van der Waals surface area contributed by atoms with E-state index in [0.29, 0.717) is 17.7 Å². The van der Waals surface area contributed by atoms with Crippen LogP contribution in [0.1, 0.15) is 0 Å². The zero-order valence-corrected chi connectivity index (χ0v) is 50.4. The molecule has 0 atom stereocenters. The molecule has 418 valence electrons. The van der Waals surface area contributed by atoms with E-state index in [0.717, 1.165) is 77.0 Å². The van der Waals surface area contributed by atoms with Crippen molar-refractivity contribution in [2.24, 2.45) is 0 Å². The van der Waals surface area contributed by atoms with Gasteiger partial charge in [0.1, 0.15) is 0 Å². The second kappa shape index (κ2) is 19.2. The third-order valence-electron chi connectivity index (χ3n) is 18.5. The van der Waals surface area contributed by atoms with Crippen LogP contribution in [0.5, 0.6) is 0 Å². The first-order valence-corrected chi connectivity index (χ1v) is 32.7. The summed E-state index contributed by atoms with van der Waals surface area (Å²) in [6, 6.07) is 102. The van der Waals surface area contributed by atoms with Crippen LogP contribution in [-0.4, -0.2) is 28.7 Å². The van der Waals surface area contributed by atoms with Crippen molar-refractivity contribution in [3.05, 3.63) is 279 Å². The number of benzene rings is 13. The van der Waals surface area contributed by atoms with Gasteiger partial charge in [-0.3, -0.25) is 9.13 Å². The Morgan fingerprint density at radius 3 is 0.944 bits per heavy atom. The van der Waals surface area contributed by atoms with E-state index in [4.69, 9.17) is 15.0 Å². The summed E-state index contributed by atoms with van der Waals surface area (Å²) in [5.41, 5.74) is 15.2. The second-order valence-corrected chi connectivity index (χ2v) is 26.7. The molecule has 0 radical (unpaired) electrons. The molecule has 6 nitrogen and oxygen atoms in total. The summed E-state index contributed by atoms with van der Waals surface area (Å²) in [6.07, 6.45) is 0. The number of nitrogens with zero attached hydrogens (tertiary/aromatic N) is 6. The maximum Gasteiger partial charge on any atom is 0.240 e. The summed E-state index contributed by atoms with van der Waals surface area (Å²) in [5.74, 6) is 1.63. The lowest BCUT2D eigenvalue weighted by Gasteiger charge is -2.14. The van der Waals surface area contributed by atoms with Crippen LogP contribution < -0.4 is 0 Å². The fourth-order valence-electron chi connectivity index (χ4n) is 14.4. The highest BCUT2D eigenvalue weighted by Gasteiger charge is 2.23. The van der Waals surface area contributed by atoms with Gasteiger partial charge >= 0.3 is 0 Å². The fourth-order valence-corrected chi connectivity index (χ4v) is 17.8. The summed E-state index contributed by atoms with van der Waals surface area (Å²) in [6.45, 7) is 0. The van der Waals surface area contributed by atoms with Crippen molar-refractivity contribution in [1.29, 1.82) is 0 Å². The molecule has 0 aliphatic heterocycles. The van der Waals surface area contributed by atoms with Crippen molar-refractivity contribution >= 4 is 160 Å². The zero-order chi connectivity index (χ0) is 58.7. The van der Waals surface area contributed by atoms with Gasteiger partial charge in [-0.05, 0) is 137 Å². The first-order chi connectivity index (χ1) is 44.6. The average molecular weight is 1200 g/mol. The Labute approximate surface area is 526 Å². The maximum atomic E-state index is 5.63. The van der Waals surface area contributed by atoms with Gasteiger partial charge in [-0.1, -0.05) is 176 Å². The van der Waals surface area contributed by atoms with E-state index in [2.05, 4.69) is 293 Å². The highest BCUT2D eigenvalue weighted by Crippen LogP contribution is 2.44.